The molecule has 0 saturated heterocycles. The normalized spacial score (nSPS) is 11.5. The third-order valence-electron chi connectivity index (χ3n) is 2.63. The van der Waals surface area contributed by atoms with Crippen LogP contribution in [-0.4, -0.2) is 29.7 Å². The molecule has 0 rings (SSSR count). The highest BCUT2D eigenvalue weighted by atomic mass is 16.5. The van der Waals surface area contributed by atoms with E-state index in [0.29, 0.717) is 6.73 Å². The molecule has 0 aliphatic carbocycles. The Morgan fingerprint density at radius 1 is 1.50 bits per heavy atom. The first kappa shape index (κ1) is 13.2. The largest absolute Gasteiger partial charge is 0.446 e. The quantitative estimate of drug-likeness (QED) is 0.373. The molecule has 0 atom stereocenters. The first-order chi connectivity index (χ1) is 6.47. The minimum Gasteiger partial charge on any atom is -0.446 e. The molecular formula is C11H21NO2. The monoisotopic (exact) mass is 199 g/mol. The van der Waals surface area contributed by atoms with E-state index in [4.69, 9.17) is 4.74 Å². The van der Waals surface area contributed by atoms with E-state index in [1.807, 2.05) is 0 Å². The Morgan fingerprint density at radius 3 is 2.43 bits per heavy atom. The zero-order valence-electron chi connectivity index (χ0n) is 9.67. The fraction of sp³-hybridized carbons (Fsp3) is 0.727. The predicted octanol–water partition coefficient (Wildman–Crippen LogP) is 2.18. The molecule has 0 aromatic carbocycles. The molecule has 0 aliphatic heterocycles. The van der Waals surface area contributed by atoms with Crippen molar-refractivity contribution in [2.75, 3.05) is 13.3 Å². The number of ether oxygens (including phenoxy) is 1. The molecule has 0 heterocycles. The third-order valence-corrected chi connectivity index (χ3v) is 2.63. The summed E-state index contributed by atoms with van der Waals surface area (Å²) in [6.45, 7) is 13.0. The van der Waals surface area contributed by atoms with Crippen LogP contribution in [0.25, 0.3) is 0 Å². The zero-order valence-corrected chi connectivity index (χ0v) is 9.67. The van der Waals surface area contributed by atoms with Crippen LogP contribution in [0.15, 0.2) is 12.7 Å². The number of nitrogens with zero attached hydrogens (tertiary/aromatic N) is 1. The Hall–Kier alpha value is -0.830. The third kappa shape index (κ3) is 3.92. The smallest absolute Gasteiger partial charge is 0.331 e. The van der Waals surface area contributed by atoms with Gasteiger partial charge in [0.25, 0.3) is 0 Å². The summed E-state index contributed by atoms with van der Waals surface area (Å²) in [7, 11) is 0. The lowest BCUT2D eigenvalue weighted by molar-refractivity contribution is -0.145. The van der Waals surface area contributed by atoms with Crippen molar-refractivity contribution >= 4 is 5.97 Å². The molecule has 0 aromatic rings. The van der Waals surface area contributed by atoms with Crippen molar-refractivity contribution < 1.29 is 9.53 Å². The highest BCUT2D eigenvalue weighted by molar-refractivity contribution is 5.81. The second kappa shape index (κ2) is 5.81. The SMILES string of the molecule is C=CC(=O)OCN(CC)C(C)(C)CC. The first-order valence-electron chi connectivity index (χ1n) is 5.02. The van der Waals surface area contributed by atoms with Gasteiger partial charge in [0.05, 0.1) is 0 Å². The van der Waals surface area contributed by atoms with Crippen molar-refractivity contribution in [1.29, 1.82) is 0 Å². The minimum atomic E-state index is -0.365. The summed E-state index contributed by atoms with van der Waals surface area (Å²) in [6.07, 6.45) is 2.21. The maximum atomic E-state index is 10.9. The van der Waals surface area contributed by atoms with E-state index in [1.54, 1.807) is 0 Å². The van der Waals surface area contributed by atoms with Crippen molar-refractivity contribution in [3.63, 3.8) is 0 Å². The molecule has 0 spiro atoms. The number of esters is 1. The van der Waals surface area contributed by atoms with E-state index in [2.05, 4.69) is 39.2 Å². The van der Waals surface area contributed by atoms with Crippen molar-refractivity contribution in [3.8, 4) is 0 Å². The molecule has 0 unspecified atom stereocenters. The summed E-state index contributed by atoms with van der Waals surface area (Å²) < 4.78 is 5.00. The van der Waals surface area contributed by atoms with Crippen LogP contribution < -0.4 is 0 Å². The van der Waals surface area contributed by atoms with Gasteiger partial charge in [-0.2, -0.15) is 0 Å². The van der Waals surface area contributed by atoms with Crippen LogP contribution in [0, 0.1) is 0 Å². The van der Waals surface area contributed by atoms with Crippen molar-refractivity contribution in [2.45, 2.75) is 39.7 Å². The Morgan fingerprint density at radius 2 is 2.07 bits per heavy atom. The van der Waals surface area contributed by atoms with E-state index in [0.717, 1.165) is 13.0 Å². The van der Waals surface area contributed by atoms with Crippen LogP contribution in [-0.2, 0) is 9.53 Å². The molecule has 82 valence electrons. The maximum Gasteiger partial charge on any atom is 0.331 e. The second-order valence-corrected chi connectivity index (χ2v) is 3.82. The van der Waals surface area contributed by atoms with Gasteiger partial charge in [0, 0.05) is 11.6 Å². The van der Waals surface area contributed by atoms with E-state index < -0.39 is 0 Å². The summed E-state index contributed by atoms with van der Waals surface area (Å²) in [6, 6.07) is 0. The molecule has 0 fully saturated rings. The Labute approximate surface area is 86.7 Å². The van der Waals surface area contributed by atoms with Crippen LogP contribution in [0.5, 0.6) is 0 Å². The molecule has 0 bridgehead atoms. The van der Waals surface area contributed by atoms with Gasteiger partial charge in [0.15, 0.2) is 0 Å². The number of rotatable bonds is 6. The summed E-state index contributed by atoms with van der Waals surface area (Å²) in [5.41, 5.74) is 0.0657. The molecule has 3 nitrogen and oxygen atoms in total. The molecule has 14 heavy (non-hydrogen) atoms. The van der Waals surface area contributed by atoms with E-state index in [9.17, 15) is 4.79 Å². The van der Waals surface area contributed by atoms with E-state index in [1.165, 1.54) is 6.08 Å². The lowest BCUT2D eigenvalue weighted by Crippen LogP contribution is -2.44. The Bertz CT molecular complexity index is 199. The highest BCUT2D eigenvalue weighted by Gasteiger charge is 2.23. The fourth-order valence-electron chi connectivity index (χ4n) is 1.12. The summed E-state index contributed by atoms with van der Waals surface area (Å²) >= 11 is 0. The average molecular weight is 199 g/mol. The number of hydrogen-bond donors (Lipinski definition) is 0. The van der Waals surface area contributed by atoms with Crippen LogP contribution in [0.3, 0.4) is 0 Å². The number of carbonyl (C=O) groups is 1. The molecule has 0 amide bonds. The van der Waals surface area contributed by atoms with Gasteiger partial charge in [-0.05, 0) is 26.8 Å². The molecular weight excluding hydrogens is 178 g/mol. The number of hydrogen-bond acceptors (Lipinski definition) is 3. The fourth-order valence-corrected chi connectivity index (χ4v) is 1.12. The first-order valence-corrected chi connectivity index (χ1v) is 5.02. The summed E-state index contributed by atoms with van der Waals surface area (Å²) in [5, 5.41) is 0. The molecule has 0 saturated carbocycles. The molecule has 0 aromatic heterocycles. The van der Waals surface area contributed by atoms with Gasteiger partial charge in [-0.3, -0.25) is 4.90 Å². The predicted molar refractivity (Wildman–Crippen MR) is 57.9 cm³/mol. The van der Waals surface area contributed by atoms with Crippen LogP contribution in [0.1, 0.15) is 34.1 Å². The Balaban J connectivity index is 4.16. The highest BCUT2D eigenvalue weighted by Crippen LogP contribution is 2.17. The number of carbonyl (C=O) groups excluding carboxylic acids is 1. The van der Waals surface area contributed by atoms with Crippen molar-refractivity contribution in [1.82, 2.24) is 4.90 Å². The molecule has 0 radical (unpaired) electrons. The van der Waals surface area contributed by atoms with Gasteiger partial charge in [0.1, 0.15) is 6.73 Å². The topological polar surface area (TPSA) is 29.5 Å². The lowest BCUT2D eigenvalue weighted by Gasteiger charge is -2.36. The lowest BCUT2D eigenvalue weighted by atomic mass is 10.0. The van der Waals surface area contributed by atoms with Gasteiger partial charge in [0.2, 0.25) is 0 Å². The van der Waals surface area contributed by atoms with Gasteiger partial charge >= 0.3 is 5.97 Å². The van der Waals surface area contributed by atoms with Crippen LogP contribution >= 0.6 is 0 Å². The van der Waals surface area contributed by atoms with Crippen LogP contribution in [0.4, 0.5) is 0 Å². The maximum absolute atomic E-state index is 10.9. The molecule has 0 N–H and O–H groups in total. The molecule has 3 heteroatoms. The minimum absolute atomic E-state index is 0.0657. The van der Waals surface area contributed by atoms with Crippen LogP contribution in [0.2, 0.25) is 0 Å². The Kier molecular flexibility index (Phi) is 5.46. The average Bonchev–Trinajstić information content (AvgIpc) is 2.18. The summed E-state index contributed by atoms with van der Waals surface area (Å²) in [4.78, 5) is 13.0. The second-order valence-electron chi connectivity index (χ2n) is 3.82. The zero-order chi connectivity index (χ0) is 11.2. The van der Waals surface area contributed by atoms with E-state index >= 15 is 0 Å². The van der Waals surface area contributed by atoms with Crippen molar-refractivity contribution in [3.05, 3.63) is 12.7 Å². The van der Waals surface area contributed by atoms with E-state index in [-0.39, 0.29) is 11.5 Å². The van der Waals surface area contributed by atoms with Gasteiger partial charge < -0.3 is 4.74 Å². The van der Waals surface area contributed by atoms with Gasteiger partial charge in [-0.1, -0.05) is 20.4 Å². The summed E-state index contributed by atoms with van der Waals surface area (Å²) in [5.74, 6) is -0.365. The van der Waals surface area contributed by atoms with Gasteiger partial charge in [-0.25, -0.2) is 4.79 Å². The van der Waals surface area contributed by atoms with Gasteiger partial charge in [-0.15, -0.1) is 0 Å². The standard InChI is InChI=1S/C11H21NO2/c1-6-10(13)14-9-12(8-3)11(4,5)7-2/h6H,1,7-9H2,2-5H3. The van der Waals surface area contributed by atoms with Crippen molar-refractivity contribution in [2.24, 2.45) is 0 Å². The molecule has 0 aliphatic rings.